The molecule has 11 heteroatoms. The average molecular weight is 454 g/mol. The van der Waals surface area contributed by atoms with E-state index in [0.29, 0.717) is 17.7 Å². The molecule has 30 heavy (non-hydrogen) atoms. The van der Waals surface area contributed by atoms with Crippen molar-refractivity contribution in [3.63, 3.8) is 0 Å². The minimum atomic E-state index is -4.18. The number of rotatable bonds is 7. The van der Waals surface area contributed by atoms with Gasteiger partial charge in [0.1, 0.15) is 33.6 Å². The smallest absolute Gasteiger partial charge is 0.338 e. The number of aryl methyl sites for hydroxylation is 1. The van der Waals surface area contributed by atoms with E-state index in [9.17, 15) is 22.0 Å². The van der Waals surface area contributed by atoms with E-state index in [0.717, 1.165) is 11.5 Å². The van der Waals surface area contributed by atoms with Crippen LogP contribution in [-0.4, -0.2) is 30.4 Å². The molecule has 0 N–H and O–H groups in total. The number of benzene rings is 2. The van der Waals surface area contributed by atoms with Crippen molar-refractivity contribution in [3.05, 3.63) is 64.4 Å². The molecule has 1 aromatic heterocycles. The molecule has 3 aromatic rings. The number of esters is 1. The van der Waals surface area contributed by atoms with E-state index in [1.165, 1.54) is 18.5 Å². The van der Waals surface area contributed by atoms with Gasteiger partial charge < -0.3 is 9.47 Å². The molecule has 0 saturated carbocycles. The Kier molecular flexibility index (Phi) is 6.42. The van der Waals surface area contributed by atoms with Gasteiger partial charge in [-0.05, 0) is 55.2 Å². The molecule has 0 aliphatic carbocycles. The van der Waals surface area contributed by atoms with Crippen molar-refractivity contribution in [3.8, 4) is 11.5 Å². The Morgan fingerprint density at radius 1 is 1.13 bits per heavy atom. The highest BCUT2D eigenvalue weighted by Crippen LogP contribution is 2.31. The summed E-state index contributed by atoms with van der Waals surface area (Å²) in [6.07, 6.45) is 1.18. The minimum Gasteiger partial charge on any atom is -0.462 e. The maximum absolute atomic E-state index is 14.5. The standard InChI is InChI=1S/C19H16F2N2O5S2/c1-3-27-19(24)12-4-11(2)5-13(6-12)28-16-7-15(21)17(8-14(16)20)30(25,26)9-18-22-10-23-29-18/h4-8,10H,3,9H2,1-2H3. The zero-order valence-electron chi connectivity index (χ0n) is 15.9. The molecule has 0 unspecified atom stereocenters. The number of sulfone groups is 1. The fourth-order valence-corrected chi connectivity index (χ4v) is 4.77. The van der Waals surface area contributed by atoms with E-state index >= 15 is 0 Å². The second kappa shape index (κ2) is 8.84. The van der Waals surface area contributed by atoms with Crippen molar-refractivity contribution in [2.75, 3.05) is 6.61 Å². The molecule has 0 saturated heterocycles. The zero-order chi connectivity index (χ0) is 21.9. The molecular formula is C19H16F2N2O5S2. The summed E-state index contributed by atoms with van der Waals surface area (Å²) in [7, 11) is -4.18. The van der Waals surface area contributed by atoms with Gasteiger partial charge in [0, 0.05) is 6.07 Å². The molecule has 0 atom stereocenters. The number of aromatic nitrogens is 2. The summed E-state index contributed by atoms with van der Waals surface area (Å²) in [4.78, 5) is 14.9. The van der Waals surface area contributed by atoms with Crippen LogP contribution < -0.4 is 4.74 Å². The summed E-state index contributed by atoms with van der Waals surface area (Å²) in [6, 6.07) is 5.60. The average Bonchev–Trinajstić information content (AvgIpc) is 3.16. The molecule has 0 spiro atoms. The van der Waals surface area contributed by atoms with Crippen LogP contribution in [0, 0.1) is 18.6 Å². The molecule has 1 heterocycles. The van der Waals surface area contributed by atoms with Gasteiger partial charge in [0.05, 0.1) is 12.2 Å². The summed E-state index contributed by atoms with van der Waals surface area (Å²) in [5, 5.41) is 0.154. The van der Waals surface area contributed by atoms with Crippen molar-refractivity contribution in [2.45, 2.75) is 24.5 Å². The highest BCUT2D eigenvalue weighted by Gasteiger charge is 2.24. The summed E-state index contributed by atoms with van der Waals surface area (Å²) < 4.78 is 67.8. The van der Waals surface area contributed by atoms with Gasteiger partial charge >= 0.3 is 5.97 Å². The third-order valence-electron chi connectivity index (χ3n) is 3.83. The van der Waals surface area contributed by atoms with Gasteiger partial charge in [-0.3, -0.25) is 0 Å². The first-order valence-corrected chi connectivity index (χ1v) is 11.1. The number of ether oxygens (including phenoxy) is 2. The zero-order valence-corrected chi connectivity index (χ0v) is 17.5. The molecule has 0 aliphatic rings. The van der Waals surface area contributed by atoms with Crippen molar-refractivity contribution < 1.29 is 31.5 Å². The summed E-state index contributed by atoms with van der Waals surface area (Å²) >= 11 is 0.849. The highest BCUT2D eigenvalue weighted by molar-refractivity contribution is 7.90. The number of nitrogens with zero attached hydrogens (tertiary/aromatic N) is 2. The van der Waals surface area contributed by atoms with E-state index in [4.69, 9.17) is 9.47 Å². The maximum Gasteiger partial charge on any atom is 0.338 e. The van der Waals surface area contributed by atoms with Crippen LogP contribution in [0.2, 0.25) is 0 Å². The van der Waals surface area contributed by atoms with Crippen LogP contribution in [0.15, 0.2) is 41.6 Å². The molecule has 3 rings (SSSR count). The molecular weight excluding hydrogens is 438 g/mol. The number of carbonyl (C=O) groups excluding carboxylic acids is 1. The number of hydrogen-bond donors (Lipinski definition) is 0. The van der Waals surface area contributed by atoms with Crippen LogP contribution in [0.25, 0.3) is 0 Å². The first-order valence-electron chi connectivity index (χ1n) is 8.63. The fraction of sp³-hybridized carbons (Fsp3) is 0.211. The van der Waals surface area contributed by atoms with E-state index in [-0.39, 0.29) is 22.9 Å². The van der Waals surface area contributed by atoms with Gasteiger partial charge in [-0.2, -0.15) is 4.37 Å². The fourth-order valence-electron chi connectivity index (χ4n) is 2.59. The lowest BCUT2D eigenvalue weighted by Gasteiger charge is -2.12. The lowest BCUT2D eigenvalue weighted by Crippen LogP contribution is -2.08. The largest absolute Gasteiger partial charge is 0.462 e. The van der Waals surface area contributed by atoms with Gasteiger partial charge in [-0.15, -0.1) is 0 Å². The minimum absolute atomic E-state index is 0.0702. The molecule has 2 aromatic carbocycles. The van der Waals surface area contributed by atoms with Crippen LogP contribution >= 0.6 is 11.5 Å². The lowest BCUT2D eigenvalue weighted by atomic mass is 10.1. The molecule has 0 aliphatic heterocycles. The van der Waals surface area contributed by atoms with E-state index in [1.54, 1.807) is 19.9 Å². The molecule has 0 fully saturated rings. The Hall–Kier alpha value is -2.92. The van der Waals surface area contributed by atoms with Gasteiger partial charge in [0.25, 0.3) is 0 Å². The maximum atomic E-state index is 14.5. The van der Waals surface area contributed by atoms with Gasteiger partial charge in [0.2, 0.25) is 0 Å². The lowest BCUT2D eigenvalue weighted by molar-refractivity contribution is 0.0526. The Morgan fingerprint density at radius 3 is 2.57 bits per heavy atom. The predicted octanol–water partition coefficient (Wildman–Crippen LogP) is 4.07. The second-order valence-electron chi connectivity index (χ2n) is 6.16. The first-order chi connectivity index (χ1) is 14.2. The topological polar surface area (TPSA) is 95.5 Å². The number of hydrogen-bond acceptors (Lipinski definition) is 8. The molecule has 0 bridgehead atoms. The highest BCUT2D eigenvalue weighted by atomic mass is 32.2. The predicted molar refractivity (Wildman–Crippen MR) is 104 cm³/mol. The van der Waals surface area contributed by atoms with Crippen LogP contribution in [0.5, 0.6) is 11.5 Å². The normalized spacial score (nSPS) is 11.3. The van der Waals surface area contributed by atoms with Crippen LogP contribution in [0.3, 0.4) is 0 Å². The van der Waals surface area contributed by atoms with Crippen molar-refractivity contribution in [2.24, 2.45) is 0 Å². The Bertz CT molecular complexity index is 1180. The Balaban J connectivity index is 1.90. The number of halogens is 2. The molecule has 0 amide bonds. The van der Waals surface area contributed by atoms with E-state index < -0.39 is 43.8 Å². The van der Waals surface area contributed by atoms with Crippen LogP contribution in [0.1, 0.15) is 27.9 Å². The van der Waals surface area contributed by atoms with E-state index in [2.05, 4.69) is 9.36 Å². The van der Waals surface area contributed by atoms with Gasteiger partial charge in [-0.1, -0.05) is 0 Å². The van der Waals surface area contributed by atoms with Crippen LogP contribution in [0.4, 0.5) is 8.78 Å². The third kappa shape index (κ3) is 4.97. The van der Waals surface area contributed by atoms with Crippen molar-refractivity contribution in [1.82, 2.24) is 9.36 Å². The number of carbonyl (C=O) groups is 1. The van der Waals surface area contributed by atoms with Crippen LogP contribution in [-0.2, 0) is 20.3 Å². The third-order valence-corrected chi connectivity index (χ3v) is 6.31. The van der Waals surface area contributed by atoms with Gasteiger partial charge in [0.15, 0.2) is 21.4 Å². The van der Waals surface area contributed by atoms with Gasteiger partial charge in [-0.25, -0.2) is 27.0 Å². The Morgan fingerprint density at radius 2 is 1.90 bits per heavy atom. The summed E-state index contributed by atoms with van der Waals surface area (Å²) in [5.41, 5.74) is 0.816. The SMILES string of the molecule is CCOC(=O)c1cc(C)cc(Oc2cc(F)c(S(=O)(=O)Cc3ncns3)cc2F)c1. The van der Waals surface area contributed by atoms with Crippen molar-refractivity contribution >= 4 is 27.3 Å². The van der Waals surface area contributed by atoms with Crippen molar-refractivity contribution in [1.29, 1.82) is 0 Å². The molecule has 7 nitrogen and oxygen atoms in total. The second-order valence-corrected chi connectivity index (χ2v) is 8.99. The summed E-state index contributed by atoms with van der Waals surface area (Å²) in [6.45, 7) is 3.52. The molecule has 158 valence electrons. The Labute approximate surface area is 175 Å². The van der Waals surface area contributed by atoms with E-state index in [1.807, 2.05) is 0 Å². The molecule has 0 radical (unpaired) electrons. The first kappa shape index (κ1) is 21.8. The summed E-state index contributed by atoms with van der Waals surface area (Å²) in [5.74, 6) is -3.89. The quantitative estimate of drug-likeness (QED) is 0.497. The monoisotopic (exact) mass is 454 g/mol.